The first-order valence-electron chi connectivity index (χ1n) is 5.92. The number of para-hydroxylation sites is 1. The van der Waals surface area contributed by atoms with Gasteiger partial charge in [-0.15, -0.1) is 0 Å². The first-order valence-corrected chi connectivity index (χ1v) is 6.71. The smallest absolute Gasteiger partial charge is 0.344 e. The Labute approximate surface area is 123 Å². The van der Waals surface area contributed by atoms with Crippen molar-refractivity contribution >= 4 is 32.8 Å². The van der Waals surface area contributed by atoms with E-state index >= 15 is 0 Å². The van der Waals surface area contributed by atoms with Gasteiger partial charge in [-0.3, -0.25) is 4.98 Å². The molecule has 3 rings (SSSR count). The molecule has 20 heavy (non-hydrogen) atoms. The number of fused-ring (bicyclic) bond motifs is 1. The number of pyridine rings is 2. The minimum atomic E-state index is -0.433. The maximum Gasteiger partial charge on any atom is 0.344 e. The Hall–Kier alpha value is -2.27. The van der Waals surface area contributed by atoms with Crippen LogP contribution in [0.4, 0.5) is 0 Å². The lowest BCUT2D eigenvalue weighted by Crippen LogP contribution is -2.10. The number of carbonyl (C=O) groups excluding carboxylic acids is 1. The average molecular weight is 329 g/mol. The number of halogens is 1. The van der Waals surface area contributed by atoms with E-state index < -0.39 is 5.97 Å². The molecular weight excluding hydrogens is 320 g/mol. The van der Waals surface area contributed by atoms with Gasteiger partial charge in [0.05, 0.1) is 11.1 Å². The van der Waals surface area contributed by atoms with Gasteiger partial charge >= 0.3 is 5.97 Å². The molecule has 2 aromatic heterocycles. The van der Waals surface area contributed by atoms with Crippen LogP contribution in [-0.4, -0.2) is 15.9 Å². The average Bonchev–Trinajstić information content (AvgIpc) is 2.49. The highest BCUT2D eigenvalue weighted by Gasteiger charge is 2.14. The van der Waals surface area contributed by atoms with Gasteiger partial charge in [0.25, 0.3) is 0 Å². The predicted molar refractivity (Wildman–Crippen MR) is 78.6 cm³/mol. The molecule has 0 saturated heterocycles. The fraction of sp³-hybridized carbons (Fsp3) is 0. The molecule has 4 nitrogen and oxygen atoms in total. The highest BCUT2D eigenvalue weighted by molar-refractivity contribution is 9.10. The number of nitrogens with zero attached hydrogens (tertiary/aromatic N) is 2. The number of carbonyl (C=O) groups is 1. The zero-order valence-electron chi connectivity index (χ0n) is 10.3. The maximum atomic E-state index is 12.3. The van der Waals surface area contributed by atoms with Gasteiger partial charge < -0.3 is 4.74 Å². The number of hydrogen-bond donors (Lipinski definition) is 0. The molecule has 0 N–H and O–H groups in total. The lowest BCUT2D eigenvalue weighted by Gasteiger charge is -2.07. The minimum absolute atomic E-state index is 0.387. The number of rotatable bonds is 2. The molecule has 2 heterocycles. The van der Waals surface area contributed by atoms with E-state index in [0.717, 1.165) is 10.9 Å². The molecule has 5 heteroatoms. The number of hydrogen-bond acceptors (Lipinski definition) is 4. The van der Waals surface area contributed by atoms with Crippen LogP contribution >= 0.6 is 15.9 Å². The van der Waals surface area contributed by atoms with Gasteiger partial charge in [0.2, 0.25) is 0 Å². The normalized spacial score (nSPS) is 10.4. The van der Waals surface area contributed by atoms with E-state index in [1.54, 1.807) is 30.6 Å². The van der Waals surface area contributed by atoms with Crippen LogP contribution in [0.25, 0.3) is 10.9 Å². The monoisotopic (exact) mass is 328 g/mol. The summed E-state index contributed by atoms with van der Waals surface area (Å²) in [6.07, 6.45) is 3.21. The van der Waals surface area contributed by atoms with Crippen LogP contribution in [0.2, 0.25) is 0 Å². The SMILES string of the molecule is O=C(Oc1cccnc1Br)c1ccnc2ccccc12. The zero-order valence-corrected chi connectivity index (χ0v) is 11.9. The Balaban J connectivity index is 1.99. The zero-order chi connectivity index (χ0) is 13.9. The molecule has 0 spiro atoms. The van der Waals surface area contributed by atoms with E-state index in [2.05, 4.69) is 25.9 Å². The van der Waals surface area contributed by atoms with Gasteiger partial charge in [0, 0.05) is 17.8 Å². The third kappa shape index (κ3) is 2.40. The van der Waals surface area contributed by atoms with Crippen molar-refractivity contribution in [2.75, 3.05) is 0 Å². The third-order valence-electron chi connectivity index (χ3n) is 2.80. The van der Waals surface area contributed by atoms with Crippen molar-refractivity contribution < 1.29 is 9.53 Å². The number of aromatic nitrogens is 2. The van der Waals surface area contributed by atoms with Gasteiger partial charge in [-0.05, 0) is 40.2 Å². The molecule has 0 amide bonds. The first-order chi connectivity index (χ1) is 9.75. The van der Waals surface area contributed by atoms with Crippen LogP contribution in [0, 0.1) is 0 Å². The van der Waals surface area contributed by atoms with Crippen LogP contribution in [0.15, 0.2) is 59.5 Å². The van der Waals surface area contributed by atoms with E-state index in [4.69, 9.17) is 4.74 Å². The maximum absolute atomic E-state index is 12.3. The molecule has 0 aliphatic heterocycles. The van der Waals surface area contributed by atoms with Crippen LogP contribution in [-0.2, 0) is 0 Å². The summed E-state index contributed by atoms with van der Waals surface area (Å²) in [5.74, 6) is -0.0457. The second kappa shape index (κ2) is 5.38. The first kappa shape index (κ1) is 12.7. The van der Waals surface area contributed by atoms with E-state index in [-0.39, 0.29) is 0 Å². The largest absolute Gasteiger partial charge is 0.420 e. The second-order valence-corrected chi connectivity index (χ2v) is 4.81. The quantitative estimate of drug-likeness (QED) is 0.532. The van der Waals surface area contributed by atoms with Crippen molar-refractivity contribution in [2.45, 2.75) is 0 Å². The Bertz CT molecular complexity index is 784. The van der Waals surface area contributed by atoms with Crippen LogP contribution < -0.4 is 4.74 Å². The van der Waals surface area contributed by atoms with E-state index in [1.165, 1.54) is 0 Å². The topological polar surface area (TPSA) is 52.1 Å². The van der Waals surface area contributed by atoms with Crippen LogP contribution in [0.1, 0.15) is 10.4 Å². The van der Waals surface area contributed by atoms with Gasteiger partial charge in [-0.25, -0.2) is 9.78 Å². The molecule has 0 saturated carbocycles. The molecular formula is C15H9BrN2O2. The number of ether oxygens (including phenoxy) is 1. The van der Waals surface area contributed by atoms with Crippen LogP contribution in [0.3, 0.4) is 0 Å². The highest BCUT2D eigenvalue weighted by Crippen LogP contribution is 2.24. The van der Waals surface area contributed by atoms with Gasteiger partial charge in [0.1, 0.15) is 4.60 Å². The molecule has 0 unspecified atom stereocenters. The highest BCUT2D eigenvalue weighted by atomic mass is 79.9. The molecule has 1 aromatic carbocycles. The van der Waals surface area contributed by atoms with Crippen molar-refractivity contribution in [2.24, 2.45) is 0 Å². The van der Waals surface area contributed by atoms with Gasteiger partial charge in [-0.1, -0.05) is 18.2 Å². The third-order valence-corrected chi connectivity index (χ3v) is 3.39. The lowest BCUT2D eigenvalue weighted by molar-refractivity contribution is 0.0735. The molecule has 3 aromatic rings. The van der Waals surface area contributed by atoms with E-state index in [1.807, 2.05) is 24.3 Å². The van der Waals surface area contributed by atoms with Gasteiger partial charge in [0.15, 0.2) is 5.75 Å². The van der Waals surface area contributed by atoms with Crippen LogP contribution in [0.5, 0.6) is 5.75 Å². The summed E-state index contributed by atoms with van der Waals surface area (Å²) in [6.45, 7) is 0. The fourth-order valence-corrected chi connectivity index (χ4v) is 2.21. The van der Waals surface area contributed by atoms with E-state index in [0.29, 0.717) is 15.9 Å². The van der Waals surface area contributed by atoms with Crippen molar-refractivity contribution in [1.29, 1.82) is 0 Å². The standard InChI is InChI=1S/C15H9BrN2O2/c16-14-13(6-3-8-18-14)20-15(19)11-7-9-17-12-5-2-1-4-10(11)12/h1-9H. The molecule has 98 valence electrons. The van der Waals surface area contributed by atoms with Crippen molar-refractivity contribution in [3.05, 3.63) is 65.0 Å². The minimum Gasteiger partial charge on any atom is -0.420 e. The summed E-state index contributed by atoms with van der Waals surface area (Å²) in [7, 11) is 0. The second-order valence-electron chi connectivity index (χ2n) is 4.06. The molecule has 0 atom stereocenters. The summed E-state index contributed by atoms with van der Waals surface area (Å²) in [5.41, 5.74) is 1.23. The summed E-state index contributed by atoms with van der Waals surface area (Å²) < 4.78 is 5.86. The predicted octanol–water partition coefficient (Wildman–Crippen LogP) is 3.61. The summed E-state index contributed by atoms with van der Waals surface area (Å²) in [5, 5.41) is 0.764. The summed E-state index contributed by atoms with van der Waals surface area (Å²) >= 11 is 3.25. The Kier molecular flexibility index (Phi) is 3.43. The molecule has 0 aliphatic carbocycles. The Morgan fingerprint density at radius 1 is 1.00 bits per heavy atom. The number of benzene rings is 1. The van der Waals surface area contributed by atoms with Gasteiger partial charge in [-0.2, -0.15) is 0 Å². The summed E-state index contributed by atoms with van der Waals surface area (Å²) in [6, 6.07) is 12.5. The number of esters is 1. The van der Waals surface area contributed by atoms with Crippen molar-refractivity contribution in [3.8, 4) is 5.75 Å². The summed E-state index contributed by atoms with van der Waals surface area (Å²) in [4.78, 5) is 20.5. The Morgan fingerprint density at radius 2 is 1.85 bits per heavy atom. The molecule has 0 fully saturated rings. The van der Waals surface area contributed by atoms with Crippen molar-refractivity contribution in [3.63, 3.8) is 0 Å². The molecule has 0 radical (unpaired) electrons. The molecule has 0 aliphatic rings. The van der Waals surface area contributed by atoms with Crippen molar-refractivity contribution in [1.82, 2.24) is 9.97 Å². The van der Waals surface area contributed by atoms with E-state index in [9.17, 15) is 4.79 Å². The molecule has 0 bridgehead atoms. The lowest BCUT2D eigenvalue weighted by atomic mass is 10.1. The fourth-order valence-electron chi connectivity index (χ4n) is 1.88. The Morgan fingerprint density at radius 3 is 2.70 bits per heavy atom.